The highest BCUT2D eigenvalue weighted by Gasteiger charge is 2.30. The predicted molar refractivity (Wildman–Crippen MR) is 363 cm³/mol. The topological polar surface area (TPSA) is 237 Å². The minimum atomic E-state index is -4.95. The van der Waals surface area contributed by atoms with E-state index in [4.69, 9.17) is 37.0 Å². The maximum absolute atomic E-state index is 13.0. The molecule has 0 spiro atoms. The maximum Gasteiger partial charge on any atom is 0.472 e. The van der Waals surface area contributed by atoms with Gasteiger partial charge in [0, 0.05) is 25.7 Å². The van der Waals surface area contributed by atoms with Crippen LogP contribution in [0.4, 0.5) is 0 Å². The van der Waals surface area contributed by atoms with Crippen molar-refractivity contribution < 1.29 is 80.2 Å². The van der Waals surface area contributed by atoms with Crippen LogP contribution in [0.1, 0.15) is 351 Å². The Hall–Kier alpha value is -1.94. The molecule has 0 fully saturated rings. The van der Waals surface area contributed by atoms with Gasteiger partial charge in [0.05, 0.1) is 26.4 Å². The summed E-state index contributed by atoms with van der Waals surface area (Å²) in [4.78, 5) is 72.6. The van der Waals surface area contributed by atoms with Gasteiger partial charge in [0.15, 0.2) is 12.2 Å². The van der Waals surface area contributed by atoms with Crippen LogP contribution in [0.25, 0.3) is 0 Å². The van der Waals surface area contributed by atoms with Gasteiger partial charge in [-0.3, -0.25) is 37.3 Å². The number of hydrogen-bond donors (Lipinski definition) is 3. The number of phosphoric acid groups is 2. The number of esters is 4. The van der Waals surface area contributed by atoms with E-state index in [0.717, 1.165) is 114 Å². The quantitative estimate of drug-likeness (QED) is 0.0222. The molecular weight excluding hydrogens is 1190 g/mol. The Bertz CT molecular complexity index is 1790. The molecule has 0 aromatic rings. The van der Waals surface area contributed by atoms with E-state index in [1.807, 2.05) is 0 Å². The average Bonchev–Trinajstić information content (AvgIpc) is 3.64. The van der Waals surface area contributed by atoms with Crippen molar-refractivity contribution in [2.75, 3.05) is 39.6 Å². The fourth-order valence-corrected chi connectivity index (χ4v) is 12.2. The number of unbranched alkanes of at least 4 members (excludes halogenated alkanes) is 32. The summed E-state index contributed by atoms with van der Waals surface area (Å²) < 4.78 is 68.3. The number of aliphatic hydroxyl groups is 1. The summed E-state index contributed by atoms with van der Waals surface area (Å²) in [6.07, 6.45) is 43.0. The number of carbonyl (C=O) groups is 4. The van der Waals surface area contributed by atoms with Gasteiger partial charge >= 0.3 is 39.5 Å². The van der Waals surface area contributed by atoms with Gasteiger partial charge in [-0.05, 0) is 49.4 Å². The van der Waals surface area contributed by atoms with Crippen LogP contribution in [0.15, 0.2) is 0 Å². The van der Waals surface area contributed by atoms with Gasteiger partial charge in [-0.15, -0.1) is 0 Å². The van der Waals surface area contributed by atoms with Crippen molar-refractivity contribution in [3.8, 4) is 0 Å². The fraction of sp³-hybridized carbons (Fsp3) is 0.944. The SMILES string of the molecule is CCC(C)CCCCCCCCCCCCC(=O)O[C@H](COC(=O)CCCCCCCCCCCCCC(C)C)COP(=O)(O)OCC(O)COP(=O)(O)OC[C@@H](COC(=O)CCCCCCCCCC(C)C)OC(=O)CCCCCCCCCCC(C)CC. The van der Waals surface area contributed by atoms with Gasteiger partial charge in [-0.1, -0.05) is 299 Å². The molecule has 0 rings (SSSR count). The number of carbonyl (C=O) groups excluding carboxylic acids is 4. The maximum atomic E-state index is 13.0. The third-order valence-corrected chi connectivity index (χ3v) is 18.9. The molecule has 17 nitrogen and oxygen atoms in total. The molecule has 0 radical (unpaired) electrons. The van der Waals surface area contributed by atoms with Crippen molar-refractivity contribution in [1.82, 2.24) is 0 Å². The molecule has 0 aromatic heterocycles. The molecule has 0 heterocycles. The van der Waals surface area contributed by atoms with Gasteiger partial charge in [-0.25, -0.2) is 9.13 Å². The van der Waals surface area contributed by atoms with Crippen LogP contribution in [-0.4, -0.2) is 96.7 Å². The van der Waals surface area contributed by atoms with Gasteiger partial charge in [-0.2, -0.15) is 0 Å². The fourth-order valence-electron chi connectivity index (χ4n) is 10.6. The van der Waals surface area contributed by atoms with Gasteiger partial charge in [0.2, 0.25) is 0 Å². The monoisotopic (exact) mass is 1320 g/mol. The molecule has 0 saturated heterocycles. The molecule has 19 heteroatoms. The van der Waals surface area contributed by atoms with E-state index in [2.05, 4.69) is 55.4 Å². The summed E-state index contributed by atoms with van der Waals surface area (Å²) in [6.45, 7) is 14.1. The van der Waals surface area contributed by atoms with Crippen LogP contribution in [0, 0.1) is 23.7 Å². The number of phosphoric ester groups is 2. The van der Waals surface area contributed by atoms with E-state index in [9.17, 15) is 43.2 Å². The zero-order valence-electron chi connectivity index (χ0n) is 58.8. The summed E-state index contributed by atoms with van der Waals surface area (Å²) in [6, 6.07) is 0. The first kappa shape index (κ1) is 88.1. The van der Waals surface area contributed by atoms with Crippen molar-refractivity contribution >= 4 is 39.5 Å². The van der Waals surface area contributed by atoms with Gasteiger partial charge in [0.25, 0.3) is 0 Å². The molecule has 5 unspecified atom stereocenters. The molecule has 0 aliphatic rings. The van der Waals surface area contributed by atoms with E-state index in [0.29, 0.717) is 31.6 Å². The largest absolute Gasteiger partial charge is 0.472 e. The predicted octanol–water partition coefficient (Wildman–Crippen LogP) is 20.1. The molecular formula is C71H138O17P2. The molecule has 0 aromatic carbocycles. The molecule has 90 heavy (non-hydrogen) atoms. The lowest BCUT2D eigenvalue weighted by atomic mass is 9.99. The van der Waals surface area contributed by atoms with Crippen LogP contribution in [0.5, 0.6) is 0 Å². The Labute approximate surface area is 549 Å². The highest BCUT2D eigenvalue weighted by Crippen LogP contribution is 2.45. The Balaban J connectivity index is 5.27. The zero-order valence-corrected chi connectivity index (χ0v) is 60.6. The molecule has 7 atom stereocenters. The van der Waals surface area contributed by atoms with Crippen molar-refractivity contribution in [2.45, 2.75) is 369 Å². The van der Waals surface area contributed by atoms with Crippen molar-refractivity contribution in [3.63, 3.8) is 0 Å². The Morgan fingerprint density at radius 2 is 0.533 bits per heavy atom. The number of ether oxygens (including phenoxy) is 4. The summed E-state index contributed by atoms with van der Waals surface area (Å²) in [5.74, 6) is 0.919. The highest BCUT2D eigenvalue weighted by molar-refractivity contribution is 7.47. The second-order valence-corrected chi connectivity index (χ2v) is 30.0. The molecule has 0 bridgehead atoms. The zero-order chi connectivity index (χ0) is 66.8. The first-order valence-electron chi connectivity index (χ1n) is 36.8. The van der Waals surface area contributed by atoms with E-state index in [-0.39, 0.29) is 25.7 Å². The average molecular weight is 1330 g/mol. The number of aliphatic hydroxyl groups excluding tert-OH is 1. The van der Waals surface area contributed by atoms with Crippen LogP contribution in [0.2, 0.25) is 0 Å². The smallest absolute Gasteiger partial charge is 0.462 e. The third-order valence-electron chi connectivity index (χ3n) is 17.0. The second-order valence-electron chi connectivity index (χ2n) is 27.1. The highest BCUT2D eigenvalue weighted by atomic mass is 31.2. The van der Waals surface area contributed by atoms with Crippen molar-refractivity contribution in [3.05, 3.63) is 0 Å². The normalized spacial score (nSPS) is 14.9. The van der Waals surface area contributed by atoms with Crippen LogP contribution >= 0.6 is 15.6 Å². The minimum absolute atomic E-state index is 0.104. The van der Waals surface area contributed by atoms with E-state index < -0.39 is 97.5 Å². The van der Waals surface area contributed by atoms with Crippen LogP contribution in [-0.2, 0) is 65.4 Å². The Kier molecular flexibility index (Phi) is 59.4. The minimum Gasteiger partial charge on any atom is -0.462 e. The van der Waals surface area contributed by atoms with Crippen LogP contribution < -0.4 is 0 Å². The standard InChI is InChI=1S/C71H138O17P2/c1-9-63(7)49-41-33-25-17-14-15-19-28-37-45-53-70(75)87-66(57-81-68(73)51-43-35-27-18-13-11-12-16-23-31-39-47-61(3)4)59-85-89(77,78)83-55-65(72)56-84-90(79,80)86-60-67(58-82-69(74)52-44-36-30-22-24-32-40-48-62(5)6)88-71(76)54-46-38-29-21-20-26-34-42-50-64(8)10-2/h61-67,72H,9-60H2,1-8H3,(H,77,78)(H,79,80)/t63?,64?,65?,66-,67-/m1/s1. The molecule has 0 saturated carbocycles. The Morgan fingerprint density at radius 3 is 0.789 bits per heavy atom. The summed E-state index contributed by atoms with van der Waals surface area (Å²) >= 11 is 0. The number of rotatable bonds is 68. The molecule has 3 N–H and O–H groups in total. The van der Waals surface area contributed by atoms with Gasteiger partial charge < -0.3 is 33.8 Å². The van der Waals surface area contributed by atoms with E-state index in [1.165, 1.54) is 148 Å². The molecule has 0 aliphatic heterocycles. The van der Waals surface area contributed by atoms with E-state index in [1.54, 1.807) is 0 Å². The van der Waals surface area contributed by atoms with Crippen molar-refractivity contribution in [1.29, 1.82) is 0 Å². The second kappa shape index (κ2) is 60.7. The number of hydrogen-bond acceptors (Lipinski definition) is 15. The first-order chi connectivity index (χ1) is 43.2. The lowest BCUT2D eigenvalue weighted by molar-refractivity contribution is -0.161. The van der Waals surface area contributed by atoms with Crippen molar-refractivity contribution in [2.24, 2.45) is 23.7 Å². The van der Waals surface area contributed by atoms with Gasteiger partial charge in [0.1, 0.15) is 19.3 Å². The summed E-state index contributed by atoms with van der Waals surface area (Å²) in [7, 11) is -9.91. The Morgan fingerprint density at radius 1 is 0.311 bits per heavy atom. The lowest BCUT2D eigenvalue weighted by Crippen LogP contribution is -2.30. The first-order valence-corrected chi connectivity index (χ1v) is 39.8. The summed E-state index contributed by atoms with van der Waals surface area (Å²) in [5, 5.41) is 10.6. The van der Waals surface area contributed by atoms with E-state index >= 15 is 0 Å². The molecule has 0 amide bonds. The molecule has 534 valence electrons. The third kappa shape index (κ3) is 62.2. The molecule has 0 aliphatic carbocycles. The lowest BCUT2D eigenvalue weighted by Gasteiger charge is -2.21. The van der Waals surface area contributed by atoms with Crippen LogP contribution in [0.3, 0.4) is 0 Å². The summed E-state index contributed by atoms with van der Waals surface area (Å²) in [5.41, 5.74) is 0.